The summed E-state index contributed by atoms with van der Waals surface area (Å²) in [5.41, 5.74) is 2.45. The van der Waals surface area contributed by atoms with E-state index in [0.717, 1.165) is 23.4 Å². The molecule has 1 amide bonds. The molecule has 4 heteroatoms. The number of anilines is 1. The van der Waals surface area contributed by atoms with E-state index >= 15 is 0 Å². The van der Waals surface area contributed by atoms with Crippen LogP contribution in [0.15, 0.2) is 18.2 Å². The van der Waals surface area contributed by atoms with Crippen molar-refractivity contribution < 1.29 is 14.3 Å². The van der Waals surface area contributed by atoms with Gasteiger partial charge in [-0.1, -0.05) is 12.1 Å². The minimum absolute atomic E-state index is 0.235. The summed E-state index contributed by atoms with van der Waals surface area (Å²) >= 11 is 0. The number of ether oxygens (including phenoxy) is 2. The van der Waals surface area contributed by atoms with Crippen molar-refractivity contribution in [3.8, 4) is 0 Å². The van der Waals surface area contributed by atoms with E-state index in [1.54, 1.807) is 0 Å². The van der Waals surface area contributed by atoms with Crippen LogP contribution in [0.1, 0.15) is 38.0 Å². The molecule has 1 heterocycles. The molecule has 2 rings (SSSR count). The smallest absolute Gasteiger partial charge is 0.412 e. The van der Waals surface area contributed by atoms with Crippen molar-refractivity contribution in [1.29, 1.82) is 0 Å². The number of epoxide rings is 1. The van der Waals surface area contributed by atoms with Gasteiger partial charge in [0.25, 0.3) is 0 Å². The molecule has 0 saturated carbocycles. The van der Waals surface area contributed by atoms with Crippen LogP contribution < -0.4 is 5.32 Å². The first-order valence-corrected chi connectivity index (χ1v) is 6.07. The zero-order chi connectivity index (χ0) is 13.3. The van der Waals surface area contributed by atoms with Gasteiger partial charge in [0, 0.05) is 5.69 Å². The Balaban J connectivity index is 2.03. The predicted octanol–water partition coefficient (Wildman–Crippen LogP) is 3.41. The predicted molar refractivity (Wildman–Crippen MR) is 69.7 cm³/mol. The minimum atomic E-state index is -0.486. The van der Waals surface area contributed by atoms with Crippen molar-refractivity contribution in [3.63, 3.8) is 0 Å². The molecule has 0 spiro atoms. The number of hydrogen-bond donors (Lipinski definition) is 1. The molecule has 4 nitrogen and oxygen atoms in total. The van der Waals surface area contributed by atoms with Gasteiger partial charge in [0.05, 0.1) is 6.61 Å². The van der Waals surface area contributed by atoms with Crippen LogP contribution in [0.4, 0.5) is 10.5 Å². The lowest BCUT2D eigenvalue weighted by atomic mass is 10.1. The molecule has 1 aromatic rings. The molecule has 0 unspecified atom stereocenters. The second-order valence-corrected chi connectivity index (χ2v) is 5.52. The summed E-state index contributed by atoms with van der Waals surface area (Å²) in [6, 6.07) is 5.89. The lowest BCUT2D eigenvalue weighted by Gasteiger charge is -2.20. The van der Waals surface area contributed by atoms with Gasteiger partial charge in [-0.3, -0.25) is 5.32 Å². The maximum atomic E-state index is 11.7. The highest BCUT2D eigenvalue weighted by atomic mass is 16.6. The highest BCUT2D eigenvalue weighted by molar-refractivity contribution is 5.85. The maximum absolute atomic E-state index is 11.7. The van der Waals surface area contributed by atoms with Gasteiger partial charge in [0.1, 0.15) is 11.7 Å². The summed E-state index contributed by atoms with van der Waals surface area (Å²) < 4.78 is 10.4. The Labute approximate surface area is 107 Å². The zero-order valence-electron chi connectivity index (χ0n) is 11.2. The van der Waals surface area contributed by atoms with Crippen LogP contribution in [0, 0.1) is 6.92 Å². The number of hydrogen-bond acceptors (Lipinski definition) is 3. The van der Waals surface area contributed by atoms with Crippen molar-refractivity contribution in [2.24, 2.45) is 0 Å². The van der Waals surface area contributed by atoms with Gasteiger partial charge in [0.2, 0.25) is 0 Å². The van der Waals surface area contributed by atoms with Crippen molar-refractivity contribution in [3.05, 3.63) is 29.3 Å². The molecule has 1 saturated heterocycles. The van der Waals surface area contributed by atoms with Crippen LogP contribution in [0.2, 0.25) is 0 Å². The molecule has 1 aliphatic rings. The van der Waals surface area contributed by atoms with E-state index in [2.05, 4.69) is 5.32 Å². The Bertz CT molecular complexity index is 459. The van der Waals surface area contributed by atoms with E-state index in [4.69, 9.17) is 9.47 Å². The van der Waals surface area contributed by atoms with E-state index in [-0.39, 0.29) is 6.10 Å². The van der Waals surface area contributed by atoms with Crippen LogP contribution in [0.25, 0.3) is 0 Å². The van der Waals surface area contributed by atoms with Gasteiger partial charge in [-0.15, -0.1) is 0 Å². The fourth-order valence-corrected chi connectivity index (χ4v) is 1.68. The van der Waals surface area contributed by atoms with Gasteiger partial charge in [0.15, 0.2) is 0 Å². The summed E-state index contributed by atoms with van der Waals surface area (Å²) in [5.74, 6) is 0. The molecule has 0 aromatic heterocycles. The Morgan fingerprint density at radius 2 is 2.11 bits per heavy atom. The van der Waals surface area contributed by atoms with Crippen molar-refractivity contribution in [2.45, 2.75) is 39.4 Å². The second kappa shape index (κ2) is 4.61. The summed E-state index contributed by atoms with van der Waals surface area (Å²) in [6.45, 7) is 8.27. The van der Waals surface area contributed by atoms with Crippen LogP contribution in [-0.4, -0.2) is 18.3 Å². The molecule has 0 bridgehead atoms. The standard InChI is InChI=1S/C14H19NO3/c1-9-7-10(12-8-17-12)5-6-11(9)15-13(16)18-14(2,3)4/h5-7,12H,8H2,1-4H3,(H,15,16)/t12-/m0/s1. The number of nitrogens with one attached hydrogen (secondary N) is 1. The normalized spacial score (nSPS) is 18.3. The van der Waals surface area contributed by atoms with E-state index < -0.39 is 11.7 Å². The Kier molecular flexibility index (Phi) is 3.30. The highest BCUT2D eigenvalue weighted by Gasteiger charge is 2.25. The molecule has 1 aliphatic heterocycles. The summed E-state index contributed by atoms with van der Waals surface area (Å²) in [6.07, 6.45) is -0.194. The lowest BCUT2D eigenvalue weighted by Crippen LogP contribution is -2.27. The van der Waals surface area contributed by atoms with Crippen molar-refractivity contribution in [2.75, 3.05) is 11.9 Å². The Morgan fingerprint density at radius 3 is 2.61 bits per heavy atom. The third-order valence-corrected chi connectivity index (χ3v) is 2.59. The van der Waals surface area contributed by atoms with Gasteiger partial charge in [-0.2, -0.15) is 0 Å². The average molecular weight is 249 g/mol. The van der Waals surface area contributed by atoms with Crippen LogP contribution in [0.5, 0.6) is 0 Å². The van der Waals surface area contributed by atoms with E-state index in [1.165, 1.54) is 0 Å². The maximum Gasteiger partial charge on any atom is 0.412 e. The molecule has 1 N–H and O–H groups in total. The van der Waals surface area contributed by atoms with Crippen LogP contribution in [0.3, 0.4) is 0 Å². The van der Waals surface area contributed by atoms with E-state index in [1.807, 2.05) is 45.9 Å². The first-order chi connectivity index (χ1) is 8.35. The number of rotatable bonds is 2. The van der Waals surface area contributed by atoms with Gasteiger partial charge in [-0.25, -0.2) is 4.79 Å². The number of carbonyl (C=O) groups is 1. The van der Waals surface area contributed by atoms with E-state index in [0.29, 0.717) is 0 Å². The molecule has 98 valence electrons. The second-order valence-electron chi connectivity index (χ2n) is 5.52. The number of carbonyl (C=O) groups excluding carboxylic acids is 1. The molecule has 18 heavy (non-hydrogen) atoms. The highest BCUT2D eigenvalue weighted by Crippen LogP contribution is 2.31. The molecule has 1 fully saturated rings. The zero-order valence-corrected chi connectivity index (χ0v) is 11.2. The Morgan fingerprint density at radius 1 is 1.44 bits per heavy atom. The first-order valence-electron chi connectivity index (χ1n) is 6.07. The fourth-order valence-electron chi connectivity index (χ4n) is 1.68. The number of aryl methyl sites for hydroxylation is 1. The summed E-state index contributed by atoms with van der Waals surface area (Å²) in [5, 5.41) is 2.75. The summed E-state index contributed by atoms with van der Waals surface area (Å²) in [7, 11) is 0. The molecule has 0 aliphatic carbocycles. The molecule has 1 atom stereocenters. The lowest BCUT2D eigenvalue weighted by molar-refractivity contribution is 0.0636. The fraction of sp³-hybridized carbons (Fsp3) is 0.500. The third kappa shape index (κ3) is 3.47. The SMILES string of the molecule is Cc1cc([C@@H]2CO2)ccc1NC(=O)OC(C)(C)C. The van der Waals surface area contributed by atoms with Crippen molar-refractivity contribution in [1.82, 2.24) is 0 Å². The summed E-state index contributed by atoms with van der Waals surface area (Å²) in [4.78, 5) is 11.7. The molecular weight excluding hydrogens is 230 g/mol. The van der Waals surface area contributed by atoms with Crippen molar-refractivity contribution >= 4 is 11.8 Å². The third-order valence-electron chi connectivity index (χ3n) is 2.59. The Hall–Kier alpha value is -1.55. The van der Waals surface area contributed by atoms with Crippen LogP contribution in [-0.2, 0) is 9.47 Å². The molecular formula is C14H19NO3. The monoisotopic (exact) mass is 249 g/mol. The quantitative estimate of drug-likeness (QED) is 0.817. The molecule has 1 aromatic carbocycles. The number of amides is 1. The van der Waals surface area contributed by atoms with Gasteiger partial charge in [-0.05, 0) is 44.9 Å². The minimum Gasteiger partial charge on any atom is -0.444 e. The largest absolute Gasteiger partial charge is 0.444 e. The van der Waals surface area contributed by atoms with Crippen LogP contribution >= 0.6 is 0 Å². The topological polar surface area (TPSA) is 50.9 Å². The van der Waals surface area contributed by atoms with Gasteiger partial charge < -0.3 is 9.47 Å². The molecule has 0 radical (unpaired) electrons. The van der Waals surface area contributed by atoms with E-state index in [9.17, 15) is 4.79 Å². The first kappa shape index (κ1) is 12.9. The van der Waals surface area contributed by atoms with Gasteiger partial charge >= 0.3 is 6.09 Å². The number of benzene rings is 1. The average Bonchev–Trinajstić information content (AvgIpc) is 3.01.